The lowest BCUT2D eigenvalue weighted by Gasteiger charge is -2.17. The van der Waals surface area contributed by atoms with Crippen molar-refractivity contribution in [2.24, 2.45) is 0 Å². The molecule has 0 radical (unpaired) electrons. The number of benzene rings is 4. The number of anilines is 2. The summed E-state index contributed by atoms with van der Waals surface area (Å²) in [7, 11) is 0. The van der Waals surface area contributed by atoms with Gasteiger partial charge < -0.3 is 16.0 Å². The average Bonchev–Trinajstić information content (AvgIpc) is 3.80. The number of carbonyl (C=O) groups is 3. The molecule has 7 nitrogen and oxygen atoms in total. The highest BCUT2D eigenvalue weighted by Crippen LogP contribution is 2.38. The van der Waals surface area contributed by atoms with Crippen LogP contribution >= 0.6 is 57.6 Å². The van der Waals surface area contributed by atoms with Crippen LogP contribution in [0.15, 0.2) is 137 Å². The zero-order chi connectivity index (χ0) is 34.2. The third-order valence-corrected chi connectivity index (χ3v) is 10.4. The van der Waals surface area contributed by atoms with Crippen LogP contribution < -0.4 is 16.0 Å². The van der Waals surface area contributed by atoms with E-state index in [1.165, 1.54) is 34.4 Å². The number of amides is 3. The van der Waals surface area contributed by atoms with Gasteiger partial charge in [-0.3, -0.25) is 14.4 Å². The second kappa shape index (κ2) is 16.1. The molecule has 0 fully saturated rings. The van der Waals surface area contributed by atoms with Crippen LogP contribution in [0.4, 0.5) is 10.8 Å². The molecule has 0 aliphatic heterocycles. The molecule has 1 unspecified atom stereocenters. The highest BCUT2D eigenvalue weighted by atomic mass is 35.5. The fraction of sp³-hybridized carbons (Fsp3) is 0.0270. The lowest BCUT2D eigenvalue weighted by Crippen LogP contribution is -2.30. The number of hydrogen-bond donors (Lipinski definition) is 3. The van der Waals surface area contributed by atoms with Crippen molar-refractivity contribution in [3.8, 4) is 11.3 Å². The van der Waals surface area contributed by atoms with Gasteiger partial charge in [0, 0.05) is 37.0 Å². The number of carbonyl (C=O) groups excluding carboxylic acids is 3. The Labute approximate surface area is 305 Å². The Balaban J connectivity index is 1.20. The number of thiophene rings is 1. The molecule has 0 saturated carbocycles. The van der Waals surface area contributed by atoms with Crippen LogP contribution in [-0.4, -0.2) is 22.7 Å². The molecule has 6 rings (SSSR count). The van der Waals surface area contributed by atoms with Gasteiger partial charge in [-0.05, 0) is 71.6 Å². The maximum atomic E-state index is 13.8. The van der Waals surface area contributed by atoms with Crippen molar-refractivity contribution in [1.82, 2.24) is 10.3 Å². The number of hydrogen-bond acceptors (Lipinski definition) is 7. The van der Waals surface area contributed by atoms with Crippen LogP contribution in [0.3, 0.4) is 0 Å². The molecule has 49 heavy (non-hydrogen) atoms. The fourth-order valence-electron chi connectivity index (χ4n) is 4.66. The van der Waals surface area contributed by atoms with Crippen LogP contribution in [0.25, 0.3) is 17.3 Å². The summed E-state index contributed by atoms with van der Waals surface area (Å²) in [6.07, 6.45) is 1.64. The van der Waals surface area contributed by atoms with Gasteiger partial charge in [-0.2, -0.15) is 0 Å². The number of aromatic nitrogens is 1. The third kappa shape index (κ3) is 9.05. The van der Waals surface area contributed by atoms with Crippen molar-refractivity contribution in [2.45, 2.75) is 10.1 Å². The summed E-state index contributed by atoms with van der Waals surface area (Å²) in [5.74, 6) is -1.15. The van der Waals surface area contributed by atoms with E-state index in [2.05, 4.69) is 20.9 Å². The number of thiazole rings is 1. The molecule has 3 amide bonds. The van der Waals surface area contributed by atoms with Gasteiger partial charge in [0.05, 0.1) is 10.7 Å². The SMILES string of the molecule is O=C(Nc1cccc(SC(C(=O)Nc2nc(-c3ccc(Cl)cc3Cl)cs2)c2ccccc2)c1)/C(=C/c1cccs1)NC(=O)c1ccccc1. The van der Waals surface area contributed by atoms with Crippen LogP contribution in [-0.2, 0) is 9.59 Å². The molecular formula is C37H26Cl2N4O3S3. The Bertz CT molecular complexity index is 2120. The van der Waals surface area contributed by atoms with Crippen molar-refractivity contribution in [2.75, 3.05) is 10.6 Å². The molecule has 3 N–H and O–H groups in total. The first-order valence-electron chi connectivity index (χ1n) is 14.8. The van der Waals surface area contributed by atoms with E-state index in [-0.39, 0.29) is 11.6 Å². The van der Waals surface area contributed by atoms with Crippen molar-refractivity contribution < 1.29 is 14.4 Å². The lowest BCUT2D eigenvalue weighted by molar-refractivity contribution is -0.116. The van der Waals surface area contributed by atoms with E-state index in [1.807, 2.05) is 65.4 Å². The highest BCUT2D eigenvalue weighted by molar-refractivity contribution is 8.00. The predicted molar refractivity (Wildman–Crippen MR) is 203 cm³/mol. The quantitative estimate of drug-likeness (QED) is 0.0907. The molecule has 0 spiro atoms. The Kier molecular flexibility index (Phi) is 11.2. The van der Waals surface area contributed by atoms with Crippen molar-refractivity contribution in [1.29, 1.82) is 0 Å². The summed E-state index contributed by atoms with van der Waals surface area (Å²) in [4.78, 5) is 46.4. The summed E-state index contributed by atoms with van der Waals surface area (Å²) >= 11 is 16.5. The van der Waals surface area contributed by atoms with Gasteiger partial charge in [0.15, 0.2) is 5.13 Å². The normalized spacial score (nSPS) is 11.8. The van der Waals surface area contributed by atoms with Gasteiger partial charge in [-0.15, -0.1) is 34.4 Å². The second-order valence-corrected chi connectivity index (χ2v) is 14.3. The summed E-state index contributed by atoms with van der Waals surface area (Å²) in [5.41, 5.74) is 3.15. The highest BCUT2D eigenvalue weighted by Gasteiger charge is 2.24. The summed E-state index contributed by atoms with van der Waals surface area (Å²) in [6.45, 7) is 0. The maximum Gasteiger partial charge on any atom is 0.272 e. The standard InChI is InChI=1S/C37H26Cl2N4O3S3/c38-25-16-17-29(30(39)19-25)32-22-48-37(42-32)43-36(46)33(23-9-3-1-4-10-23)49-28-14-7-13-26(20-28)40-35(45)31(21-27-15-8-18-47-27)41-34(44)24-11-5-2-6-12-24/h1-22,33H,(H,40,45)(H,41,44)(H,42,43,46)/b31-21-. The topological polar surface area (TPSA) is 100 Å². The molecule has 12 heteroatoms. The van der Waals surface area contributed by atoms with Crippen molar-refractivity contribution >= 4 is 92.3 Å². The summed E-state index contributed by atoms with van der Waals surface area (Å²) < 4.78 is 0. The van der Waals surface area contributed by atoms with E-state index >= 15 is 0 Å². The number of rotatable bonds is 11. The minimum atomic E-state index is -0.641. The van der Waals surface area contributed by atoms with Gasteiger partial charge >= 0.3 is 0 Å². The maximum absolute atomic E-state index is 13.8. The molecule has 2 heterocycles. The molecule has 0 bridgehead atoms. The zero-order valence-electron chi connectivity index (χ0n) is 25.4. The van der Waals surface area contributed by atoms with E-state index in [9.17, 15) is 14.4 Å². The smallest absolute Gasteiger partial charge is 0.272 e. The Hall–Kier alpha value is -4.71. The molecule has 2 aromatic heterocycles. The largest absolute Gasteiger partial charge is 0.321 e. The van der Waals surface area contributed by atoms with Crippen molar-refractivity contribution in [3.05, 3.63) is 158 Å². The molecular weight excluding hydrogens is 716 g/mol. The number of nitrogens with one attached hydrogen (secondary N) is 3. The molecule has 6 aromatic rings. The van der Waals surface area contributed by atoms with Gasteiger partial charge in [-0.25, -0.2) is 4.98 Å². The van der Waals surface area contributed by atoms with E-state index in [0.717, 1.165) is 15.3 Å². The second-order valence-electron chi connectivity index (χ2n) is 10.4. The summed E-state index contributed by atoms with van der Waals surface area (Å²) in [6, 6.07) is 34.2. The minimum absolute atomic E-state index is 0.0959. The molecule has 4 aromatic carbocycles. The zero-order valence-corrected chi connectivity index (χ0v) is 29.4. The van der Waals surface area contributed by atoms with Crippen LogP contribution in [0, 0.1) is 0 Å². The molecule has 0 aliphatic carbocycles. The average molecular weight is 742 g/mol. The van der Waals surface area contributed by atoms with Gasteiger partial charge in [-0.1, -0.05) is 83.9 Å². The number of nitrogens with zero attached hydrogens (tertiary/aromatic N) is 1. The third-order valence-electron chi connectivity index (χ3n) is 6.99. The first-order valence-corrected chi connectivity index (χ1v) is 18.2. The Morgan fingerprint density at radius 3 is 2.31 bits per heavy atom. The van der Waals surface area contributed by atoms with E-state index in [1.54, 1.807) is 66.7 Å². The van der Waals surface area contributed by atoms with Gasteiger partial charge in [0.25, 0.3) is 11.8 Å². The number of halogens is 2. The monoisotopic (exact) mass is 740 g/mol. The fourth-order valence-corrected chi connectivity index (χ4v) is 7.62. The molecule has 0 saturated heterocycles. The van der Waals surface area contributed by atoms with Gasteiger partial charge in [0.1, 0.15) is 10.9 Å². The van der Waals surface area contributed by atoms with E-state index in [4.69, 9.17) is 23.2 Å². The van der Waals surface area contributed by atoms with Crippen LogP contribution in [0.2, 0.25) is 10.0 Å². The van der Waals surface area contributed by atoms with Gasteiger partial charge in [0.2, 0.25) is 5.91 Å². The minimum Gasteiger partial charge on any atom is -0.321 e. The molecule has 1 atom stereocenters. The first kappa shape index (κ1) is 34.2. The summed E-state index contributed by atoms with van der Waals surface area (Å²) in [5, 5.41) is 13.1. The molecule has 244 valence electrons. The lowest BCUT2D eigenvalue weighted by atomic mass is 10.1. The number of thioether (sulfide) groups is 1. The van der Waals surface area contributed by atoms with Crippen LogP contribution in [0.5, 0.6) is 0 Å². The van der Waals surface area contributed by atoms with E-state index < -0.39 is 17.1 Å². The van der Waals surface area contributed by atoms with Crippen molar-refractivity contribution in [3.63, 3.8) is 0 Å². The Morgan fingerprint density at radius 1 is 0.796 bits per heavy atom. The first-order chi connectivity index (χ1) is 23.8. The molecule has 0 aliphatic rings. The Morgan fingerprint density at radius 2 is 1.57 bits per heavy atom. The predicted octanol–water partition coefficient (Wildman–Crippen LogP) is 10.1. The van der Waals surface area contributed by atoms with Crippen LogP contribution in [0.1, 0.15) is 26.0 Å². The van der Waals surface area contributed by atoms with E-state index in [0.29, 0.717) is 37.7 Å².